The van der Waals surface area contributed by atoms with Crippen LogP contribution in [0.3, 0.4) is 0 Å². The van der Waals surface area contributed by atoms with E-state index in [4.69, 9.17) is 14.2 Å². The second kappa shape index (κ2) is 12.1. The van der Waals surface area contributed by atoms with E-state index in [-0.39, 0.29) is 5.91 Å². The molecular formula is C15H31NO4. The van der Waals surface area contributed by atoms with Crippen molar-refractivity contribution in [2.24, 2.45) is 5.41 Å². The van der Waals surface area contributed by atoms with E-state index in [1.165, 1.54) is 13.3 Å². The number of rotatable bonds is 12. The predicted octanol–water partition coefficient (Wildman–Crippen LogP) is 2.00. The summed E-state index contributed by atoms with van der Waals surface area (Å²) in [5.74, 6) is -0.0338. The van der Waals surface area contributed by atoms with Crippen molar-refractivity contribution >= 4 is 5.91 Å². The second-order valence-electron chi connectivity index (χ2n) is 5.98. The van der Waals surface area contributed by atoms with Crippen LogP contribution in [-0.4, -0.2) is 52.1 Å². The van der Waals surface area contributed by atoms with Gasteiger partial charge in [0.2, 0.25) is 5.91 Å². The Morgan fingerprint density at radius 1 is 0.900 bits per heavy atom. The maximum absolute atomic E-state index is 10.6. The van der Waals surface area contributed by atoms with Crippen molar-refractivity contribution in [2.75, 3.05) is 46.2 Å². The zero-order valence-electron chi connectivity index (χ0n) is 13.5. The standard InChI is InChI=1S/C15H31NO4/c1-14(17)16-7-9-19-11-13-20-12-10-18-8-5-6-15(2,3)4/h5-13H2,1-4H3,(H,16,17). The fourth-order valence-corrected chi connectivity index (χ4v) is 1.55. The molecule has 0 spiro atoms. The maximum Gasteiger partial charge on any atom is 0.216 e. The average Bonchev–Trinajstić information content (AvgIpc) is 2.33. The average molecular weight is 289 g/mol. The zero-order valence-corrected chi connectivity index (χ0v) is 13.5. The van der Waals surface area contributed by atoms with Gasteiger partial charge in [0, 0.05) is 20.1 Å². The lowest BCUT2D eigenvalue weighted by atomic mass is 9.91. The molecule has 0 heterocycles. The van der Waals surface area contributed by atoms with Crippen LogP contribution in [0.15, 0.2) is 0 Å². The van der Waals surface area contributed by atoms with Crippen LogP contribution in [0.5, 0.6) is 0 Å². The maximum atomic E-state index is 10.6. The van der Waals surface area contributed by atoms with Crippen molar-refractivity contribution in [3.05, 3.63) is 0 Å². The molecular weight excluding hydrogens is 258 g/mol. The van der Waals surface area contributed by atoms with Crippen LogP contribution in [0.2, 0.25) is 0 Å². The Balaban J connectivity index is 3.05. The molecule has 5 heteroatoms. The van der Waals surface area contributed by atoms with E-state index in [9.17, 15) is 4.79 Å². The lowest BCUT2D eigenvalue weighted by Gasteiger charge is -2.17. The van der Waals surface area contributed by atoms with Gasteiger partial charge < -0.3 is 19.5 Å². The molecule has 0 aromatic carbocycles. The van der Waals surface area contributed by atoms with Gasteiger partial charge in [0.1, 0.15) is 0 Å². The Hall–Kier alpha value is -0.650. The fraction of sp³-hybridized carbons (Fsp3) is 0.933. The third kappa shape index (κ3) is 17.4. The molecule has 0 aromatic rings. The second-order valence-corrected chi connectivity index (χ2v) is 5.98. The number of nitrogens with one attached hydrogen (secondary N) is 1. The van der Waals surface area contributed by atoms with Crippen molar-refractivity contribution < 1.29 is 19.0 Å². The summed E-state index contributed by atoms with van der Waals surface area (Å²) in [6.07, 6.45) is 2.27. The van der Waals surface area contributed by atoms with Crippen LogP contribution in [0, 0.1) is 5.41 Å². The molecule has 0 unspecified atom stereocenters. The molecule has 120 valence electrons. The molecule has 0 aliphatic carbocycles. The lowest BCUT2D eigenvalue weighted by Crippen LogP contribution is -2.25. The van der Waals surface area contributed by atoms with Crippen molar-refractivity contribution in [3.63, 3.8) is 0 Å². The first-order chi connectivity index (χ1) is 9.42. The molecule has 0 bridgehead atoms. The first-order valence-electron chi connectivity index (χ1n) is 7.39. The van der Waals surface area contributed by atoms with Gasteiger partial charge in [0.05, 0.1) is 33.0 Å². The van der Waals surface area contributed by atoms with E-state index >= 15 is 0 Å². The zero-order chi connectivity index (χ0) is 15.3. The first kappa shape index (κ1) is 19.4. The van der Waals surface area contributed by atoms with E-state index in [2.05, 4.69) is 26.1 Å². The highest BCUT2D eigenvalue weighted by atomic mass is 16.5. The molecule has 0 radical (unpaired) electrons. The topological polar surface area (TPSA) is 56.8 Å². The van der Waals surface area contributed by atoms with Crippen LogP contribution < -0.4 is 5.32 Å². The summed E-state index contributed by atoms with van der Waals surface area (Å²) < 4.78 is 16.1. The largest absolute Gasteiger partial charge is 0.379 e. The normalized spacial score (nSPS) is 11.6. The predicted molar refractivity (Wildman–Crippen MR) is 79.8 cm³/mol. The van der Waals surface area contributed by atoms with Crippen LogP contribution in [-0.2, 0) is 19.0 Å². The van der Waals surface area contributed by atoms with E-state index in [0.29, 0.717) is 45.0 Å². The van der Waals surface area contributed by atoms with Gasteiger partial charge in [-0.25, -0.2) is 0 Å². The molecule has 0 saturated heterocycles. The number of carbonyl (C=O) groups is 1. The third-order valence-corrected chi connectivity index (χ3v) is 2.58. The molecule has 0 atom stereocenters. The summed E-state index contributed by atoms with van der Waals surface area (Å²) in [5, 5.41) is 2.66. The summed E-state index contributed by atoms with van der Waals surface area (Å²) >= 11 is 0. The number of amides is 1. The lowest BCUT2D eigenvalue weighted by molar-refractivity contribution is -0.119. The van der Waals surface area contributed by atoms with Gasteiger partial charge in [-0.15, -0.1) is 0 Å². The number of ether oxygens (including phenoxy) is 3. The highest BCUT2D eigenvalue weighted by Crippen LogP contribution is 2.20. The molecule has 20 heavy (non-hydrogen) atoms. The highest BCUT2D eigenvalue weighted by molar-refractivity contribution is 5.72. The van der Waals surface area contributed by atoms with Gasteiger partial charge in [-0.1, -0.05) is 20.8 Å². The van der Waals surface area contributed by atoms with E-state index in [1.54, 1.807) is 0 Å². The summed E-state index contributed by atoms with van der Waals surface area (Å²) in [5.41, 5.74) is 0.383. The van der Waals surface area contributed by atoms with Gasteiger partial charge in [-0.2, -0.15) is 0 Å². The van der Waals surface area contributed by atoms with E-state index in [1.807, 2.05) is 0 Å². The Kier molecular flexibility index (Phi) is 11.7. The monoisotopic (exact) mass is 289 g/mol. The molecule has 1 amide bonds. The van der Waals surface area contributed by atoms with Crippen molar-refractivity contribution in [3.8, 4) is 0 Å². The number of carbonyl (C=O) groups excluding carboxylic acids is 1. The minimum Gasteiger partial charge on any atom is -0.379 e. The summed E-state index contributed by atoms with van der Waals surface area (Å²) in [6.45, 7) is 12.4. The molecule has 0 aliphatic heterocycles. The Bertz CT molecular complexity index is 239. The Morgan fingerprint density at radius 3 is 1.90 bits per heavy atom. The Labute approximate surface area is 123 Å². The van der Waals surface area contributed by atoms with Gasteiger partial charge in [0.15, 0.2) is 0 Å². The highest BCUT2D eigenvalue weighted by Gasteiger charge is 2.08. The first-order valence-corrected chi connectivity index (χ1v) is 7.39. The minimum atomic E-state index is -0.0338. The Morgan fingerprint density at radius 2 is 1.40 bits per heavy atom. The molecule has 0 rings (SSSR count). The molecule has 0 aliphatic rings. The van der Waals surface area contributed by atoms with Gasteiger partial charge in [-0.3, -0.25) is 4.79 Å². The van der Waals surface area contributed by atoms with Gasteiger partial charge in [-0.05, 0) is 18.3 Å². The van der Waals surface area contributed by atoms with Crippen molar-refractivity contribution in [2.45, 2.75) is 40.5 Å². The van der Waals surface area contributed by atoms with E-state index < -0.39 is 0 Å². The van der Waals surface area contributed by atoms with E-state index in [0.717, 1.165) is 13.0 Å². The quantitative estimate of drug-likeness (QED) is 0.558. The van der Waals surface area contributed by atoms with Crippen LogP contribution >= 0.6 is 0 Å². The molecule has 0 fully saturated rings. The number of hydrogen-bond donors (Lipinski definition) is 1. The fourth-order valence-electron chi connectivity index (χ4n) is 1.55. The van der Waals surface area contributed by atoms with Crippen LogP contribution in [0.4, 0.5) is 0 Å². The van der Waals surface area contributed by atoms with Crippen molar-refractivity contribution in [1.82, 2.24) is 5.32 Å². The smallest absolute Gasteiger partial charge is 0.216 e. The van der Waals surface area contributed by atoms with Gasteiger partial charge >= 0.3 is 0 Å². The van der Waals surface area contributed by atoms with Crippen LogP contribution in [0.25, 0.3) is 0 Å². The van der Waals surface area contributed by atoms with Crippen molar-refractivity contribution in [1.29, 1.82) is 0 Å². The minimum absolute atomic E-state index is 0.0338. The van der Waals surface area contributed by atoms with Crippen LogP contribution in [0.1, 0.15) is 40.5 Å². The number of hydrogen-bond acceptors (Lipinski definition) is 4. The molecule has 0 saturated carbocycles. The summed E-state index contributed by atoms with van der Waals surface area (Å²) in [6, 6.07) is 0. The molecule has 1 N–H and O–H groups in total. The summed E-state index contributed by atoms with van der Waals surface area (Å²) in [4.78, 5) is 10.6. The van der Waals surface area contributed by atoms with Gasteiger partial charge in [0.25, 0.3) is 0 Å². The molecule has 5 nitrogen and oxygen atoms in total. The SMILES string of the molecule is CC(=O)NCCOCCOCCOCCCC(C)(C)C. The third-order valence-electron chi connectivity index (χ3n) is 2.58. The summed E-state index contributed by atoms with van der Waals surface area (Å²) in [7, 11) is 0. The molecule has 0 aromatic heterocycles.